The summed E-state index contributed by atoms with van der Waals surface area (Å²) in [5.74, 6) is 1.02. The van der Waals surface area contributed by atoms with Crippen molar-refractivity contribution < 1.29 is 0 Å². The Labute approximate surface area is 124 Å². The molecular formula is C16H32N4. The van der Waals surface area contributed by atoms with Gasteiger partial charge in [0.05, 0.1) is 6.54 Å². The predicted molar refractivity (Wildman–Crippen MR) is 86.3 cm³/mol. The number of nitrogens with one attached hydrogen (secondary N) is 2. The summed E-state index contributed by atoms with van der Waals surface area (Å²) in [4.78, 5) is 7.31. The number of aliphatic imine (C=N–C) groups is 1. The van der Waals surface area contributed by atoms with Crippen LogP contribution in [0, 0.1) is 0 Å². The molecule has 4 nitrogen and oxygen atoms in total. The van der Waals surface area contributed by atoms with E-state index in [1.165, 1.54) is 64.5 Å². The monoisotopic (exact) mass is 280 g/mol. The maximum Gasteiger partial charge on any atom is 0.191 e. The molecule has 0 aromatic heterocycles. The van der Waals surface area contributed by atoms with E-state index in [-0.39, 0.29) is 0 Å². The molecule has 1 aliphatic carbocycles. The van der Waals surface area contributed by atoms with Gasteiger partial charge < -0.3 is 15.5 Å². The number of hydrogen-bond acceptors (Lipinski definition) is 2. The van der Waals surface area contributed by atoms with Gasteiger partial charge in [0.15, 0.2) is 5.96 Å². The van der Waals surface area contributed by atoms with Crippen molar-refractivity contribution in [3.05, 3.63) is 0 Å². The standard InChI is InChI=1S/C16H32N4/c1-2-17-16(19-15-9-5-3-6-10-15)18-11-14-20-12-7-4-8-13-20/h15H,2-14H2,1H3,(H2,17,18,19). The number of rotatable bonds is 5. The van der Waals surface area contributed by atoms with Gasteiger partial charge in [-0.15, -0.1) is 0 Å². The Kier molecular flexibility index (Phi) is 7.20. The summed E-state index contributed by atoms with van der Waals surface area (Å²) in [5, 5.41) is 7.00. The van der Waals surface area contributed by atoms with Gasteiger partial charge in [-0.1, -0.05) is 25.7 Å². The lowest BCUT2D eigenvalue weighted by Gasteiger charge is -2.26. The lowest BCUT2D eigenvalue weighted by atomic mass is 9.96. The van der Waals surface area contributed by atoms with Crippen LogP contribution in [0.15, 0.2) is 4.99 Å². The summed E-state index contributed by atoms with van der Waals surface area (Å²) >= 11 is 0. The van der Waals surface area contributed by atoms with Crippen LogP contribution in [0.2, 0.25) is 0 Å². The zero-order valence-electron chi connectivity index (χ0n) is 13.2. The van der Waals surface area contributed by atoms with Gasteiger partial charge in [0, 0.05) is 19.1 Å². The number of guanidine groups is 1. The molecule has 1 saturated carbocycles. The minimum Gasteiger partial charge on any atom is -0.357 e. The lowest BCUT2D eigenvalue weighted by Crippen LogP contribution is -2.44. The second kappa shape index (κ2) is 9.22. The van der Waals surface area contributed by atoms with E-state index in [0.29, 0.717) is 6.04 Å². The predicted octanol–water partition coefficient (Wildman–Crippen LogP) is 2.36. The van der Waals surface area contributed by atoms with Crippen LogP contribution in [0.5, 0.6) is 0 Å². The van der Waals surface area contributed by atoms with Gasteiger partial charge >= 0.3 is 0 Å². The van der Waals surface area contributed by atoms with Crippen molar-refractivity contribution in [3.8, 4) is 0 Å². The van der Waals surface area contributed by atoms with Crippen molar-refractivity contribution in [2.24, 2.45) is 4.99 Å². The SMILES string of the molecule is CCNC(=NCCN1CCCCC1)NC1CCCCC1. The van der Waals surface area contributed by atoms with Crippen LogP contribution >= 0.6 is 0 Å². The molecule has 0 bridgehead atoms. The molecule has 116 valence electrons. The van der Waals surface area contributed by atoms with Crippen molar-refractivity contribution in [3.63, 3.8) is 0 Å². The summed E-state index contributed by atoms with van der Waals surface area (Å²) < 4.78 is 0. The Bertz CT molecular complexity index is 278. The zero-order valence-corrected chi connectivity index (χ0v) is 13.2. The van der Waals surface area contributed by atoms with E-state index in [0.717, 1.165) is 25.6 Å². The lowest BCUT2D eigenvalue weighted by molar-refractivity contribution is 0.235. The molecule has 1 aliphatic heterocycles. The van der Waals surface area contributed by atoms with Gasteiger partial charge in [-0.05, 0) is 45.7 Å². The minimum absolute atomic E-state index is 0.636. The first kappa shape index (κ1) is 15.6. The highest BCUT2D eigenvalue weighted by Gasteiger charge is 2.14. The third kappa shape index (κ3) is 5.70. The Morgan fingerprint density at radius 1 is 1.05 bits per heavy atom. The van der Waals surface area contributed by atoms with E-state index in [4.69, 9.17) is 4.99 Å². The molecule has 2 fully saturated rings. The Morgan fingerprint density at radius 2 is 1.75 bits per heavy atom. The summed E-state index contributed by atoms with van der Waals surface area (Å²) in [7, 11) is 0. The van der Waals surface area contributed by atoms with Crippen LogP contribution in [0.4, 0.5) is 0 Å². The number of likely N-dealkylation sites (tertiary alicyclic amines) is 1. The normalized spacial score (nSPS) is 22.8. The molecule has 0 amide bonds. The molecule has 2 N–H and O–H groups in total. The average Bonchev–Trinajstić information content (AvgIpc) is 2.49. The third-order valence-corrected chi connectivity index (χ3v) is 4.43. The number of hydrogen-bond donors (Lipinski definition) is 2. The summed E-state index contributed by atoms with van der Waals surface area (Å²) in [6, 6.07) is 0.636. The highest BCUT2D eigenvalue weighted by atomic mass is 15.2. The molecule has 1 heterocycles. The van der Waals surface area contributed by atoms with Crippen molar-refractivity contribution >= 4 is 5.96 Å². The average molecular weight is 280 g/mol. The first-order chi connectivity index (χ1) is 9.88. The van der Waals surface area contributed by atoms with Gasteiger partial charge in [-0.2, -0.15) is 0 Å². The molecule has 1 saturated heterocycles. The van der Waals surface area contributed by atoms with Crippen LogP contribution in [-0.2, 0) is 0 Å². The zero-order chi connectivity index (χ0) is 14.0. The van der Waals surface area contributed by atoms with E-state index in [1.54, 1.807) is 0 Å². The first-order valence-corrected chi connectivity index (χ1v) is 8.65. The fraction of sp³-hybridized carbons (Fsp3) is 0.938. The number of piperidine rings is 1. The molecule has 0 atom stereocenters. The Hall–Kier alpha value is -0.770. The molecule has 2 rings (SSSR count). The fourth-order valence-electron chi connectivity index (χ4n) is 3.25. The second-order valence-corrected chi connectivity index (χ2v) is 6.14. The maximum absolute atomic E-state index is 4.75. The molecule has 0 unspecified atom stereocenters. The molecule has 0 radical (unpaired) electrons. The smallest absolute Gasteiger partial charge is 0.191 e. The van der Waals surface area contributed by atoms with E-state index < -0.39 is 0 Å². The van der Waals surface area contributed by atoms with Crippen LogP contribution in [0.25, 0.3) is 0 Å². The molecule has 0 aromatic carbocycles. The third-order valence-electron chi connectivity index (χ3n) is 4.43. The van der Waals surface area contributed by atoms with E-state index in [2.05, 4.69) is 22.5 Å². The highest BCUT2D eigenvalue weighted by Crippen LogP contribution is 2.17. The molecule has 0 aromatic rings. The highest BCUT2D eigenvalue weighted by molar-refractivity contribution is 5.80. The van der Waals surface area contributed by atoms with Gasteiger partial charge in [-0.3, -0.25) is 4.99 Å². The van der Waals surface area contributed by atoms with Crippen LogP contribution in [0.3, 0.4) is 0 Å². The molecule has 20 heavy (non-hydrogen) atoms. The van der Waals surface area contributed by atoms with Crippen molar-refractivity contribution in [1.29, 1.82) is 0 Å². The summed E-state index contributed by atoms with van der Waals surface area (Å²) in [5.41, 5.74) is 0. The minimum atomic E-state index is 0.636. The first-order valence-electron chi connectivity index (χ1n) is 8.65. The fourth-order valence-corrected chi connectivity index (χ4v) is 3.25. The van der Waals surface area contributed by atoms with E-state index >= 15 is 0 Å². The molecule has 2 aliphatic rings. The van der Waals surface area contributed by atoms with Gasteiger partial charge in [0.2, 0.25) is 0 Å². The summed E-state index contributed by atoms with van der Waals surface area (Å²) in [6.45, 7) is 7.65. The van der Waals surface area contributed by atoms with E-state index in [1.807, 2.05) is 0 Å². The van der Waals surface area contributed by atoms with Crippen molar-refractivity contribution in [2.75, 3.05) is 32.7 Å². The van der Waals surface area contributed by atoms with Gasteiger partial charge in [0.1, 0.15) is 0 Å². The van der Waals surface area contributed by atoms with Crippen LogP contribution in [0.1, 0.15) is 58.3 Å². The largest absolute Gasteiger partial charge is 0.357 e. The molecular weight excluding hydrogens is 248 g/mol. The van der Waals surface area contributed by atoms with Gasteiger partial charge in [-0.25, -0.2) is 0 Å². The van der Waals surface area contributed by atoms with E-state index in [9.17, 15) is 0 Å². The van der Waals surface area contributed by atoms with Crippen LogP contribution in [-0.4, -0.2) is 49.6 Å². The van der Waals surface area contributed by atoms with Crippen LogP contribution < -0.4 is 10.6 Å². The van der Waals surface area contributed by atoms with Gasteiger partial charge in [0.25, 0.3) is 0 Å². The van der Waals surface area contributed by atoms with Crippen molar-refractivity contribution in [2.45, 2.75) is 64.3 Å². The maximum atomic E-state index is 4.75. The molecule has 4 heteroatoms. The topological polar surface area (TPSA) is 39.7 Å². The summed E-state index contributed by atoms with van der Waals surface area (Å²) in [6.07, 6.45) is 10.9. The second-order valence-electron chi connectivity index (χ2n) is 6.14. The Balaban J connectivity index is 1.72. The molecule has 0 spiro atoms. The number of nitrogens with zero attached hydrogens (tertiary/aromatic N) is 2. The van der Waals surface area contributed by atoms with Crippen molar-refractivity contribution in [1.82, 2.24) is 15.5 Å². The quantitative estimate of drug-likeness (QED) is 0.600. The Morgan fingerprint density at radius 3 is 2.45 bits per heavy atom.